The predicted octanol–water partition coefficient (Wildman–Crippen LogP) is 1.65. The van der Waals surface area contributed by atoms with Gasteiger partial charge in [0, 0.05) is 24.6 Å². The summed E-state index contributed by atoms with van der Waals surface area (Å²) in [6.07, 6.45) is 3.69. The van der Waals surface area contributed by atoms with Gasteiger partial charge in [0.15, 0.2) is 0 Å². The number of aromatic nitrogens is 2. The number of aliphatic hydroxyl groups is 1. The van der Waals surface area contributed by atoms with Gasteiger partial charge in [0.1, 0.15) is 17.2 Å². The highest BCUT2D eigenvalue weighted by molar-refractivity contribution is 5.92. The fourth-order valence-electron chi connectivity index (χ4n) is 3.19. The van der Waals surface area contributed by atoms with E-state index in [4.69, 9.17) is 0 Å². The lowest BCUT2D eigenvalue weighted by Gasteiger charge is -2.30. The van der Waals surface area contributed by atoms with Crippen LogP contribution in [0.3, 0.4) is 0 Å². The van der Waals surface area contributed by atoms with E-state index in [9.17, 15) is 19.1 Å². The minimum Gasteiger partial charge on any atom is -0.396 e. The number of hydrogen-bond acceptors (Lipinski definition) is 4. The Morgan fingerprint density at radius 2 is 2.00 bits per heavy atom. The Morgan fingerprint density at radius 1 is 1.24 bits per heavy atom. The molecule has 0 radical (unpaired) electrons. The Hall–Kier alpha value is -2.54. The summed E-state index contributed by atoms with van der Waals surface area (Å²) in [5.74, 6) is -1.01. The second-order valence-corrected chi connectivity index (χ2v) is 6.23. The molecule has 7 heteroatoms. The number of halogens is 1. The number of benzene rings is 1. The molecule has 2 unspecified atom stereocenters. The van der Waals surface area contributed by atoms with Crippen molar-refractivity contribution in [1.82, 2.24) is 15.1 Å². The highest BCUT2D eigenvalue weighted by atomic mass is 19.1. The van der Waals surface area contributed by atoms with Gasteiger partial charge in [-0.3, -0.25) is 9.59 Å². The Kier molecular flexibility index (Phi) is 5.23. The summed E-state index contributed by atoms with van der Waals surface area (Å²) in [5.41, 5.74) is -0.495. The minimum absolute atomic E-state index is 0.00643. The molecule has 1 aliphatic rings. The van der Waals surface area contributed by atoms with Crippen LogP contribution in [0.25, 0.3) is 5.69 Å². The van der Waals surface area contributed by atoms with Gasteiger partial charge in [-0.25, -0.2) is 4.39 Å². The monoisotopic (exact) mass is 345 g/mol. The summed E-state index contributed by atoms with van der Waals surface area (Å²) < 4.78 is 14.8. The van der Waals surface area contributed by atoms with Crippen LogP contribution < -0.4 is 10.9 Å². The zero-order valence-corrected chi connectivity index (χ0v) is 13.7. The maximum atomic E-state index is 13.9. The highest BCUT2D eigenvalue weighted by Crippen LogP contribution is 2.24. The van der Waals surface area contributed by atoms with Crippen molar-refractivity contribution in [3.63, 3.8) is 0 Å². The van der Waals surface area contributed by atoms with E-state index in [0.29, 0.717) is 0 Å². The van der Waals surface area contributed by atoms with Crippen molar-refractivity contribution in [2.75, 3.05) is 6.61 Å². The van der Waals surface area contributed by atoms with Crippen molar-refractivity contribution in [3.8, 4) is 5.69 Å². The van der Waals surface area contributed by atoms with Crippen LogP contribution in [0.1, 0.15) is 36.2 Å². The maximum Gasteiger partial charge on any atom is 0.271 e. The average Bonchev–Trinajstić information content (AvgIpc) is 2.63. The molecule has 2 atom stereocenters. The largest absolute Gasteiger partial charge is 0.396 e. The fourth-order valence-corrected chi connectivity index (χ4v) is 3.19. The summed E-state index contributed by atoms with van der Waals surface area (Å²) in [6, 6.07) is 8.15. The minimum atomic E-state index is -0.595. The van der Waals surface area contributed by atoms with Crippen LogP contribution in [0.4, 0.5) is 4.39 Å². The van der Waals surface area contributed by atoms with E-state index in [0.717, 1.165) is 30.4 Å². The Morgan fingerprint density at radius 3 is 2.76 bits per heavy atom. The zero-order valence-electron chi connectivity index (χ0n) is 13.7. The first kappa shape index (κ1) is 17.3. The summed E-state index contributed by atoms with van der Waals surface area (Å²) in [5, 5.41) is 16.3. The van der Waals surface area contributed by atoms with E-state index in [1.165, 1.54) is 30.3 Å². The van der Waals surface area contributed by atoms with Gasteiger partial charge in [-0.1, -0.05) is 25.0 Å². The summed E-state index contributed by atoms with van der Waals surface area (Å²) in [7, 11) is 0. The summed E-state index contributed by atoms with van der Waals surface area (Å²) in [4.78, 5) is 24.5. The lowest BCUT2D eigenvalue weighted by molar-refractivity contribution is 0.0866. The van der Waals surface area contributed by atoms with E-state index in [2.05, 4.69) is 10.4 Å². The molecule has 1 heterocycles. The Bertz CT molecular complexity index is 821. The van der Waals surface area contributed by atoms with Crippen LogP contribution in [-0.4, -0.2) is 33.4 Å². The standard InChI is InChI=1S/C18H20FN3O3/c19-13-6-2-4-8-16(13)22-17(24)10-9-15(21-22)18(25)20-14-7-3-1-5-12(14)11-23/h2,4,6,8-10,12,14,23H,1,3,5,7,11H2,(H,20,25). The van der Waals surface area contributed by atoms with Crippen LogP contribution in [0.15, 0.2) is 41.2 Å². The van der Waals surface area contributed by atoms with E-state index >= 15 is 0 Å². The summed E-state index contributed by atoms with van der Waals surface area (Å²) >= 11 is 0. The average molecular weight is 345 g/mol. The number of carbonyl (C=O) groups is 1. The number of carbonyl (C=O) groups excluding carboxylic acids is 1. The van der Waals surface area contributed by atoms with Crippen LogP contribution >= 0.6 is 0 Å². The van der Waals surface area contributed by atoms with Gasteiger partial charge in [-0.15, -0.1) is 0 Å². The first-order valence-electron chi connectivity index (χ1n) is 8.37. The summed E-state index contributed by atoms with van der Waals surface area (Å²) in [6.45, 7) is 0.0209. The molecule has 1 amide bonds. The molecule has 1 aliphatic carbocycles. The third-order valence-electron chi connectivity index (χ3n) is 4.57. The normalized spacial score (nSPS) is 20.2. The van der Waals surface area contributed by atoms with Gasteiger partial charge in [-0.2, -0.15) is 9.78 Å². The fraction of sp³-hybridized carbons (Fsp3) is 0.389. The van der Waals surface area contributed by atoms with Crippen LogP contribution in [0, 0.1) is 11.7 Å². The molecule has 1 aromatic heterocycles. The molecular weight excluding hydrogens is 325 g/mol. The van der Waals surface area contributed by atoms with Gasteiger partial charge in [0.2, 0.25) is 0 Å². The van der Waals surface area contributed by atoms with Gasteiger partial charge < -0.3 is 10.4 Å². The van der Waals surface area contributed by atoms with Crippen molar-refractivity contribution in [3.05, 3.63) is 58.3 Å². The third-order valence-corrected chi connectivity index (χ3v) is 4.57. The highest BCUT2D eigenvalue weighted by Gasteiger charge is 2.26. The molecule has 2 N–H and O–H groups in total. The molecular formula is C18H20FN3O3. The van der Waals surface area contributed by atoms with Crippen molar-refractivity contribution >= 4 is 5.91 Å². The molecule has 1 fully saturated rings. The molecule has 0 aliphatic heterocycles. The van der Waals surface area contributed by atoms with E-state index in [1.54, 1.807) is 6.07 Å². The number of nitrogens with one attached hydrogen (secondary N) is 1. The van der Waals surface area contributed by atoms with Crippen molar-refractivity contribution in [2.45, 2.75) is 31.7 Å². The van der Waals surface area contributed by atoms with E-state index in [1.807, 2.05) is 0 Å². The molecule has 25 heavy (non-hydrogen) atoms. The molecule has 1 saturated carbocycles. The van der Waals surface area contributed by atoms with E-state index in [-0.39, 0.29) is 29.9 Å². The lowest BCUT2D eigenvalue weighted by atomic mass is 9.85. The number of amides is 1. The van der Waals surface area contributed by atoms with Gasteiger partial charge in [0.05, 0.1) is 0 Å². The quantitative estimate of drug-likeness (QED) is 0.882. The molecule has 0 saturated heterocycles. The van der Waals surface area contributed by atoms with Crippen molar-refractivity contribution in [1.29, 1.82) is 0 Å². The third kappa shape index (κ3) is 3.76. The lowest BCUT2D eigenvalue weighted by Crippen LogP contribution is -2.44. The molecule has 1 aromatic carbocycles. The van der Waals surface area contributed by atoms with Crippen LogP contribution in [0.2, 0.25) is 0 Å². The van der Waals surface area contributed by atoms with Gasteiger partial charge in [0.25, 0.3) is 11.5 Å². The second kappa shape index (κ2) is 7.57. The Labute approximate surface area is 144 Å². The number of nitrogens with zero attached hydrogens (tertiary/aromatic N) is 2. The molecule has 132 valence electrons. The Balaban J connectivity index is 1.85. The van der Waals surface area contributed by atoms with Crippen molar-refractivity contribution in [2.24, 2.45) is 5.92 Å². The number of para-hydroxylation sites is 1. The predicted molar refractivity (Wildman–Crippen MR) is 90.1 cm³/mol. The topological polar surface area (TPSA) is 84.2 Å². The maximum absolute atomic E-state index is 13.9. The molecule has 0 bridgehead atoms. The number of hydrogen-bond donors (Lipinski definition) is 2. The second-order valence-electron chi connectivity index (χ2n) is 6.23. The molecule has 3 rings (SSSR count). The number of rotatable bonds is 4. The van der Waals surface area contributed by atoms with Gasteiger partial charge >= 0.3 is 0 Å². The van der Waals surface area contributed by atoms with E-state index < -0.39 is 17.3 Å². The zero-order chi connectivity index (χ0) is 17.8. The smallest absolute Gasteiger partial charge is 0.271 e. The molecule has 2 aromatic rings. The number of aliphatic hydroxyl groups excluding tert-OH is 1. The van der Waals surface area contributed by atoms with Crippen LogP contribution in [0.5, 0.6) is 0 Å². The SMILES string of the molecule is O=C(NC1CCCCC1CO)c1ccc(=O)n(-c2ccccc2F)n1. The molecule has 6 nitrogen and oxygen atoms in total. The van der Waals surface area contributed by atoms with Crippen LogP contribution in [-0.2, 0) is 0 Å². The molecule has 0 spiro atoms. The van der Waals surface area contributed by atoms with Crippen molar-refractivity contribution < 1.29 is 14.3 Å². The first-order valence-corrected chi connectivity index (χ1v) is 8.37. The van der Waals surface area contributed by atoms with Gasteiger partial charge in [-0.05, 0) is 31.0 Å². The first-order chi connectivity index (χ1) is 12.1.